The van der Waals surface area contributed by atoms with Crippen molar-refractivity contribution in [3.05, 3.63) is 40.5 Å². The van der Waals surface area contributed by atoms with E-state index in [-0.39, 0.29) is 11.8 Å². The molecule has 128 valence electrons. The number of nitrogens with zero attached hydrogens (tertiary/aromatic N) is 2. The van der Waals surface area contributed by atoms with Crippen molar-refractivity contribution in [2.24, 2.45) is 11.7 Å². The average molecular weight is 391 g/mol. The average Bonchev–Trinajstić information content (AvgIpc) is 2.62. The summed E-state index contributed by atoms with van der Waals surface area (Å²) in [7, 11) is 0. The fraction of sp³-hybridized carbons (Fsp3) is 0.444. The molecular weight excluding hydrogens is 368 g/mol. The molecule has 3 rings (SSSR count). The predicted octanol–water partition coefficient (Wildman–Crippen LogP) is 2.28. The molecule has 5 nitrogen and oxygen atoms in total. The maximum Gasteiger partial charge on any atom is 0.224 e. The molecular formula is C18H23BrN4O. The highest BCUT2D eigenvalue weighted by Crippen LogP contribution is 2.27. The Morgan fingerprint density at radius 1 is 1.42 bits per heavy atom. The number of fused-ring (bicyclic) bond motifs is 1. The second-order valence-electron chi connectivity index (χ2n) is 6.26. The number of benzene rings is 1. The molecule has 1 saturated heterocycles. The number of rotatable bonds is 5. The Balaban J connectivity index is 1.72. The van der Waals surface area contributed by atoms with Crippen LogP contribution in [0.4, 0.5) is 0 Å². The monoisotopic (exact) mass is 390 g/mol. The van der Waals surface area contributed by atoms with Gasteiger partial charge in [0.1, 0.15) is 0 Å². The first kappa shape index (κ1) is 17.3. The number of carbonyl (C=O) groups excluding carboxylic acids is 1. The fourth-order valence-electron chi connectivity index (χ4n) is 3.32. The smallest absolute Gasteiger partial charge is 0.224 e. The van der Waals surface area contributed by atoms with Crippen LogP contribution in [-0.4, -0.2) is 42.0 Å². The second kappa shape index (κ2) is 8.05. The molecule has 2 aromatic rings. The summed E-state index contributed by atoms with van der Waals surface area (Å²) in [6.45, 7) is 3.67. The molecule has 0 saturated carbocycles. The van der Waals surface area contributed by atoms with Gasteiger partial charge in [-0.15, -0.1) is 0 Å². The molecule has 0 radical (unpaired) electrons. The zero-order valence-electron chi connectivity index (χ0n) is 13.7. The van der Waals surface area contributed by atoms with Crippen LogP contribution in [0.2, 0.25) is 0 Å². The molecule has 0 aliphatic carbocycles. The quantitative estimate of drug-likeness (QED) is 0.821. The number of hydrogen-bond acceptors (Lipinski definition) is 4. The molecule has 1 fully saturated rings. The minimum Gasteiger partial charge on any atom is -0.355 e. The summed E-state index contributed by atoms with van der Waals surface area (Å²) in [5, 5.41) is 4.04. The predicted molar refractivity (Wildman–Crippen MR) is 99.5 cm³/mol. The molecule has 1 aromatic heterocycles. The van der Waals surface area contributed by atoms with Crippen LogP contribution >= 0.6 is 15.9 Å². The van der Waals surface area contributed by atoms with Gasteiger partial charge in [-0.05, 0) is 37.1 Å². The Labute approximate surface area is 150 Å². The molecule has 3 N–H and O–H groups in total. The van der Waals surface area contributed by atoms with Gasteiger partial charge in [0.05, 0.1) is 11.4 Å². The highest BCUT2D eigenvalue weighted by Gasteiger charge is 2.25. The third-order valence-corrected chi connectivity index (χ3v) is 5.21. The Kier molecular flexibility index (Phi) is 5.81. The number of halogens is 1. The summed E-state index contributed by atoms with van der Waals surface area (Å²) >= 11 is 3.59. The third-order valence-electron chi connectivity index (χ3n) is 4.51. The van der Waals surface area contributed by atoms with E-state index in [0.717, 1.165) is 47.9 Å². The Morgan fingerprint density at radius 2 is 2.29 bits per heavy atom. The lowest BCUT2D eigenvalue weighted by Gasteiger charge is -2.32. The standard InChI is InChI=1S/C18H23BrN4O/c19-16-6-5-13(17-15(16)4-1-8-21-17)11-23-10-2-3-14(12-23)18(24)22-9-7-20/h1,4-6,8,14H,2-3,7,9-12,20H2,(H,22,24). The van der Waals surface area contributed by atoms with Crippen LogP contribution in [0, 0.1) is 5.92 Å². The first-order valence-electron chi connectivity index (χ1n) is 8.41. The SMILES string of the molecule is NCCNC(=O)C1CCCN(Cc2ccc(Br)c3cccnc23)C1. The summed E-state index contributed by atoms with van der Waals surface area (Å²) in [4.78, 5) is 19.1. The van der Waals surface area contributed by atoms with Crippen molar-refractivity contribution in [2.75, 3.05) is 26.2 Å². The van der Waals surface area contributed by atoms with Crippen molar-refractivity contribution in [1.82, 2.24) is 15.2 Å². The van der Waals surface area contributed by atoms with Gasteiger partial charge in [-0.3, -0.25) is 14.7 Å². The molecule has 2 heterocycles. The van der Waals surface area contributed by atoms with E-state index in [1.165, 1.54) is 5.56 Å². The molecule has 1 amide bonds. The molecule has 1 atom stereocenters. The zero-order valence-corrected chi connectivity index (χ0v) is 15.3. The molecule has 1 unspecified atom stereocenters. The largest absolute Gasteiger partial charge is 0.355 e. The van der Waals surface area contributed by atoms with Crippen molar-refractivity contribution in [3.63, 3.8) is 0 Å². The Morgan fingerprint density at radius 3 is 3.12 bits per heavy atom. The molecule has 6 heteroatoms. The summed E-state index contributed by atoms with van der Waals surface area (Å²) in [6, 6.07) is 8.23. The maximum absolute atomic E-state index is 12.2. The first-order valence-corrected chi connectivity index (χ1v) is 9.20. The molecule has 1 aromatic carbocycles. The first-order chi connectivity index (χ1) is 11.7. The topological polar surface area (TPSA) is 71.2 Å². The van der Waals surface area contributed by atoms with Gasteiger partial charge in [-0.2, -0.15) is 0 Å². The number of likely N-dealkylation sites (tertiary alicyclic amines) is 1. The van der Waals surface area contributed by atoms with Crippen molar-refractivity contribution in [3.8, 4) is 0 Å². The van der Waals surface area contributed by atoms with Crippen LogP contribution in [0.25, 0.3) is 10.9 Å². The third kappa shape index (κ3) is 3.94. The van der Waals surface area contributed by atoms with Gasteiger partial charge in [-0.1, -0.05) is 28.1 Å². The second-order valence-corrected chi connectivity index (χ2v) is 7.11. The van der Waals surface area contributed by atoms with E-state index in [1.807, 2.05) is 12.3 Å². The van der Waals surface area contributed by atoms with E-state index in [4.69, 9.17) is 5.73 Å². The van der Waals surface area contributed by atoms with E-state index in [9.17, 15) is 4.79 Å². The number of aromatic nitrogens is 1. The molecule has 24 heavy (non-hydrogen) atoms. The maximum atomic E-state index is 12.2. The number of nitrogens with one attached hydrogen (secondary N) is 1. The normalized spacial score (nSPS) is 18.7. The van der Waals surface area contributed by atoms with E-state index in [2.05, 4.69) is 49.3 Å². The van der Waals surface area contributed by atoms with Gasteiger partial charge < -0.3 is 11.1 Å². The van der Waals surface area contributed by atoms with Crippen molar-refractivity contribution < 1.29 is 4.79 Å². The van der Waals surface area contributed by atoms with Crippen LogP contribution < -0.4 is 11.1 Å². The number of amides is 1. The molecule has 0 spiro atoms. The molecule has 0 bridgehead atoms. The number of carbonyl (C=O) groups is 1. The van der Waals surface area contributed by atoms with Crippen molar-refractivity contribution in [1.29, 1.82) is 0 Å². The van der Waals surface area contributed by atoms with E-state index in [0.29, 0.717) is 13.1 Å². The van der Waals surface area contributed by atoms with Gasteiger partial charge >= 0.3 is 0 Å². The van der Waals surface area contributed by atoms with E-state index in [1.54, 1.807) is 0 Å². The Bertz CT molecular complexity index is 721. The number of nitrogens with two attached hydrogens (primary N) is 1. The Hall–Kier alpha value is -1.50. The highest BCUT2D eigenvalue weighted by atomic mass is 79.9. The van der Waals surface area contributed by atoms with Gasteiger partial charge in [0.15, 0.2) is 0 Å². The summed E-state index contributed by atoms with van der Waals surface area (Å²) in [5.74, 6) is 0.184. The lowest BCUT2D eigenvalue weighted by Crippen LogP contribution is -2.43. The number of hydrogen-bond donors (Lipinski definition) is 2. The highest BCUT2D eigenvalue weighted by molar-refractivity contribution is 9.10. The van der Waals surface area contributed by atoms with Crippen LogP contribution in [0.3, 0.4) is 0 Å². The lowest BCUT2D eigenvalue weighted by atomic mass is 9.96. The minimum absolute atomic E-state index is 0.0555. The van der Waals surface area contributed by atoms with Crippen LogP contribution in [-0.2, 0) is 11.3 Å². The molecule has 1 aliphatic heterocycles. The fourth-order valence-corrected chi connectivity index (χ4v) is 3.77. The zero-order chi connectivity index (χ0) is 16.9. The van der Waals surface area contributed by atoms with Crippen LogP contribution in [0.1, 0.15) is 18.4 Å². The summed E-state index contributed by atoms with van der Waals surface area (Å²) < 4.78 is 1.06. The molecule has 1 aliphatic rings. The lowest BCUT2D eigenvalue weighted by molar-refractivity contribution is -0.126. The van der Waals surface area contributed by atoms with Gasteiger partial charge in [0.2, 0.25) is 5.91 Å². The summed E-state index contributed by atoms with van der Waals surface area (Å²) in [6.07, 6.45) is 3.83. The van der Waals surface area contributed by atoms with E-state index >= 15 is 0 Å². The van der Waals surface area contributed by atoms with E-state index < -0.39 is 0 Å². The van der Waals surface area contributed by atoms with Gasteiger partial charge in [0, 0.05) is 42.2 Å². The van der Waals surface area contributed by atoms with Crippen LogP contribution in [0.5, 0.6) is 0 Å². The summed E-state index contributed by atoms with van der Waals surface area (Å²) in [5.41, 5.74) is 7.70. The number of piperidine rings is 1. The number of pyridine rings is 1. The van der Waals surface area contributed by atoms with Gasteiger partial charge in [0.25, 0.3) is 0 Å². The van der Waals surface area contributed by atoms with Crippen molar-refractivity contribution >= 4 is 32.7 Å². The minimum atomic E-state index is 0.0555. The van der Waals surface area contributed by atoms with Gasteiger partial charge in [-0.25, -0.2) is 0 Å². The van der Waals surface area contributed by atoms with Crippen LogP contribution in [0.15, 0.2) is 34.9 Å². The van der Waals surface area contributed by atoms with Crippen molar-refractivity contribution in [2.45, 2.75) is 19.4 Å².